The Labute approximate surface area is 177 Å². The maximum absolute atomic E-state index is 12.6. The van der Waals surface area contributed by atoms with Gasteiger partial charge >= 0.3 is 0 Å². The number of nitrogens with zero attached hydrogens (tertiary/aromatic N) is 6. The van der Waals surface area contributed by atoms with Gasteiger partial charge in [0.05, 0.1) is 10.9 Å². The smallest absolute Gasteiger partial charge is 0.240 e. The molecule has 0 bridgehead atoms. The molecule has 0 aliphatic carbocycles. The van der Waals surface area contributed by atoms with Crippen LogP contribution in [0.3, 0.4) is 0 Å². The molecule has 1 amide bonds. The fourth-order valence-electron chi connectivity index (χ4n) is 3.09. The number of rotatable bonds is 6. The molecule has 2 aromatic heterocycles. The lowest BCUT2D eigenvalue weighted by Crippen LogP contribution is -2.24. The van der Waals surface area contributed by atoms with Crippen LogP contribution in [0.15, 0.2) is 47.9 Å². The molecule has 4 rings (SSSR count). The van der Waals surface area contributed by atoms with Crippen LogP contribution >= 0.6 is 23.4 Å². The molecule has 1 aliphatic heterocycles. The highest BCUT2D eigenvalue weighted by Crippen LogP contribution is 2.31. The highest BCUT2D eigenvalue weighted by atomic mass is 35.5. The Kier molecular flexibility index (Phi) is 5.96. The van der Waals surface area contributed by atoms with Crippen LogP contribution in [0.2, 0.25) is 5.02 Å². The molecule has 1 aromatic carbocycles. The molecule has 8 nitrogen and oxygen atoms in total. The van der Waals surface area contributed by atoms with Crippen molar-refractivity contribution in [2.24, 2.45) is 0 Å². The first kappa shape index (κ1) is 19.7. The zero-order chi connectivity index (χ0) is 20.2. The average molecular weight is 430 g/mol. The van der Waals surface area contributed by atoms with Crippen LogP contribution in [0.5, 0.6) is 0 Å². The van der Waals surface area contributed by atoms with Crippen LogP contribution in [-0.2, 0) is 4.79 Å². The van der Waals surface area contributed by atoms with E-state index in [1.807, 2.05) is 35.8 Å². The van der Waals surface area contributed by atoms with Crippen LogP contribution in [0.4, 0.5) is 11.9 Å². The number of thioether (sulfide) groups is 1. The van der Waals surface area contributed by atoms with E-state index in [0.717, 1.165) is 37.6 Å². The highest BCUT2D eigenvalue weighted by molar-refractivity contribution is 8.00. The summed E-state index contributed by atoms with van der Waals surface area (Å²) in [6, 6.07) is 9.25. The lowest BCUT2D eigenvalue weighted by molar-refractivity contribution is -0.115. The van der Waals surface area contributed by atoms with Gasteiger partial charge in [0.25, 0.3) is 0 Å². The zero-order valence-corrected chi connectivity index (χ0v) is 17.4. The summed E-state index contributed by atoms with van der Waals surface area (Å²) >= 11 is 7.55. The number of nitrogens with one attached hydrogen (secondary N) is 1. The van der Waals surface area contributed by atoms with Gasteiger partial charge in [-0.05, 0) is 44.0 Å². The van der Waals surface area contributed by atoms with Crippen molar-refractivity contribution >= 4 is 41.2 Å². The van der Waals surface area contributed by atoms with Gasteiger partial charge in [0.1, 0.15) is 0 Å². The van der Waals surface area contributed by atoms with Gasteiger partial charge in [-0.3, -0.25) is 14.7 Å². The minimum atomic E-state index is -0.424. The maximum atomic E-state index is 12.6. The van der Waals surface area contributed by atoms with E-state index in [9.17, 15) is 4.79 Å². The molecule has 0 spiro atoms. The molecule has 1 N–H and O–H groups in total. The molecular weight excluding hydrogens is 410 g/mol. The lowest BCUT2D eigenvalue weighted by Gasteiger charge is -2.19. The summed E-state index contributed by atoms with van der Waals surface area (Å²) < 4.78 is 1.96. The topological polar surface area (TPSA) is 88.8 Å². The van der Waals surface area contributed by atoms with Gasteiger partial charge in [-0.1, -0.05) is 29.4 Å². The van der Waals surface area contributed by atoms with Crippen molar-refractivity contribution < 1.29 is 4.79 Å². The Morgan fingerprint density at radius 2 is 1.93 bits per heavy atom. The van der Waals surface area contributed by atoms with E-state index in [1.54, 1.807) is 18.5 Å². The predicted molar refractivity (Wildman–Crippen MR) is 114 cm³/mol. The Balaban J connectivity index is 1.60. The summed E-state index contributed by atoms with van der Waals surface area (Å²) in [7, 11) is 0. The molecule has 1 aliphatic rings. The van der Waals surface area contributed by atoms with Crippen LogP contribution in [0.1, 0.15) is 19.8 Å². The minimum Gasteiger partial charge on any atom is -0.341 e. The lowest BCUT2D eigenvalue weighted by atomic mass is 10.3. The molecule has 3 heterocycles. The predicted octanol–water partition coefficient (Wildman–Crippen LogP) is 3.43. The minimum absolute atomic E-state index is 0.204. The van der Waals surface area contributed by atoms with Crippen molar-refractivity contribution in [2.45, 2.75) is 30.2 Å². The van der Waals surface area contributed by atoms with Crippen molar-refractivity contribution in [1.29, 1.82) is 0 Å². The Morgan fingerprint density at radius 3 is 2.66 bits per heavy atom. The second-order valence-electron chi connectivity index (χ2n) is 6.61. The summed E-state index contributed by atoms with van der Waals surface area (Å²) in [6.07, 6.45) is 5.42. The molecule has 0 saturated carbocycles. The summed E-state index contributed by atoms with van der Waals surface area (Å²) in [4.78, 5) is 22.9. The van der Waals surface area contributed by atoms with Gasteiger partial charge in [-0.2, -0.15) is 0 Å². The number of carbonyl (C=O) groups is 1. The van der Waals surface area contributed by atoms with Gasteiger partial charge in [0, 0.05) is 30.5 Å². The second-order valence-corrected chi connectivity index (χ2v) is 8.36. The average Bonchev–Trinajstić information content (AvgIpc) is 3.38. The molecule has 150 valence electrons. The van der Waals surface area contributed by atoms with Crippen molar-refractivity contribution in [2.75, 3.05) is 23.3 Å². The summed E-state index contributed by atoms with van der Waals surface area (Å²) in [6.45, 7) is 3.69. The summed E-state index contributed by atoms with van der Waals surface area (Å²) in [5.74, 6) is 0.842. The van der Waals surface area contributed by atoms with E-state index in [0.29, 0.717) is 10.2 Å². The molecule has 10 heteroatoms. The SMILES string of the molecule is CC(Sc1nnc(N2CCCC2)n1-c1cccc(Cl)c1)C(=O)Nc1ncccn1. The maximum Gasteiger partial charge on any atom is 0.240 e. The van der Waals surface area contributed by atoms with Crippen molar-refractivity contribution in [3.05, 3.63) is 47.7 Å². The third-order valence-corrected chi connectivity index (χ3v) is 5.80. The molecule has 3 aromatic rings. The number of aromatic nitrogens is 5. The standard InChI is InChI=1S/C19H20ClN7OS/c1-13(16(28)23-17-21-8-5-9-22-17)29-19-25-24-18(26-10-2-3-11-26)27(19)15-7-4-6-14(20)12-15/h4-9,12-13H,2-3,10-11H2,1H3,(H,21,22,23,28). The largest absolute Gasteiger partial charge is 0.341 e. The van der Waals surface area contributed by atoms with Crippen LogP contribution in [0, 0.1) is 0 Å². The number of hydrogen-bond acceptors (Lipinski definition) is 7. The Hall–Kier alpha value is -2.65. The van der Waals surface area contributed by atoms with E-state index in [1.165, 1.54) is 11.8 Å². The van der Waals surface area contributed by atoms with Gasteiger partial charge in [0.2, 0.25) is 17.8 Å². The molecule has 29 heavy (non-hydrogen) atoms. The van der Waals surface area contributed by atoms with E-state index in [4.69, 9.17) is 11.6 Å². The van der Waals surface area contributed by atoms with Gasteiger partial charge < -0.3 is 4.90 Å². The molecule has 1 unspecified atom stereocenters. The fourth-order valence-corrected chi connectivity index (χ4v) is 4.14. The third kappa shape index (κ3) is 4.51. The first-order valence-electron chi connectivity index (χ1n) is 9.32. The number of benzene rings is 1. The summed E-state index contributed by atoms with van der Waals surface area (Å²) in [5.41, 5.74) is 0.867. The quantitative estimate of drug-likeness (QED) is 0.600. The van der Waals surface area contributed by atoms with E-state index < -0.39 is 5.25 Å². The van der Waals surface area contributed by atoms with E-state index in [-0.39, 0.29) is 11.9 Å². The number of anilines is 2. The number of amides is 1. The normalized spacial score (nSPS) is 14.8. The van der Waals surface area contributed by atoms with Gasteiger partial charge in [0.15, 0.2) is 5.16 Å². The molecule has 1 saturated heterocycles. The van der Waals surface area contributed by atoms with Crippen LogP contribution < -0.4 is 10.2 Å². The van der Waals surface area contributed by atoms with E-state index in [2.05, 4.69) is 30.4 Å². The van der Waals surface area contributed by atoms with Crippen molar-refractivity contribution in [3.8, 4) is 5.69 Å². The Bertz CT molecular complexity index is 991. The first-order chi connectivity index (χ1) is 14.1. The molecule has 0 radical (unpaired) electrons. The van der Waals surface area contributed by atoms with Crippen LogP contribution in [-0.4, -0.2) is 49.0 Å². The monoisotopic (exact) mass is 429 g/mol. The van der Waals surface area contributed by atoms with Crippen molar-refractivity contribution in [3.63, 3.8) is 0 Å². The van der Waals surface area contributed by atoms with E-state index >= 15 is 0 Å². The second kappa shape index (κ2) is 8.79. The third-order valence-electron chi connectivity index (χ3n) is 4.52. The highest BCUT2D eigenvalue weighted by Gasteiger charge is 2.25. The van der Waals surface area contributed by atoms with Gasteiger partial charge in [-0.25, -0.2) is 9.97 Å². The van der Waals surface area contributed by atoms with Crippen molar-refractivity contribution in [1.82, 2.24) is 24.7 Å². The zero-order valence-electron chi connectivity index (χ0n) is 15.8. The Morgan fingerprint density at radius 1 is 1.17 bits per heavy atom. The fraction of sp³-hybridized carbons (Fsp3) is 0.316. The first-order valence-corrected chi connectivity index (χ1v) is 10.6. The number of carbonyl (C=O) groups excluding carboxylic acids is 1. The molecule has 1 atom stereocenters. The van der Waals surface area contributed by atoms with Crippen LogP contribution in [0.25, 0.3) is 5.69 Å². The summed E-state index contributed by atoms with van der Waals surface area (Å²) in [5, 5.41) is 12.4. The van der Waals surface area contributed by atoms with Gasteiger partial charge in [-0.15, -0.1) is 10.2 Å². The number of hydrogen-bond donors (Lipinski definition) is 1. The molecular formula is C19H20ClN7OS. The number of halogens is 1. The molecule has 1 fully saturated rings.